The van der Waals surface area contributed by atoms with Crippen molar-refractivity contribution in [3.05, 3.63) is 0 Å². The van der Waals surface area contributed by atoms with E-state index in [1.165, 1.54) is 19.3 Å². The van der Waals surface area contributed by atoms with Crippen LogP contribution in [0.4, 0.5) is 0 Å². The Kier molecular flexibility index (Phi) is 5.62. The van der Waals surface area contributed by atoms with Crippen LogP contribution in [0.15, 0.2) is 0 Å². The van der Waals surface area contributed by atoms with Crippen LogP contribution in [0, 0.1) is 11.8 Å². The van der Waals surface area contributed by atoms with E-state index in [-0.39, 0.29) is 0 Å². The Hall–Kier alpha value is -0.0800. The van der Waals surface area contributed by atoms with Crippen LogP contribution >= 0.6 is 0 Å². The molecule has 1 aliphatic heterocycles. The monoisotopic (exact) mass is 213 g/mol. The summed E-state index contributed by atoms with van der Waals surface area (Å²) < 4.78 is 5.94. The summed E-state index contributed by atoms with van der Waals surface area (Å²) in [5, 5.41) is 3.54. The van der Waals surface area contributed by atoms with Gasteiger partial charge in [0, 0.05) is 19.2 Å². The minimum Gasteiger partial charge on any atom is -0.378 e. The normalized spacial score (nSPS) is 29.4. The van der Waals surface area contributed by atoms with Gasteiger partial charge in [-0.15, -0.1) is 0 Å². The van der Waals surface area contributed by atoms with Gasteiger partial charge in [-0.05, 0) is 24.7 Å². The zero-order valence-corrected chi connectivity index (χ0v) is 10.8. The van der Waals surface area contributed by atoms with Crippen LogP contribution in [0.2, 0.25) is 0 Å². The summed E-state index contributed by atoms with van der Waals surface area (Å²) in [5.41, 5.74) is 0. The Morgan fingerprint density at radius 3 is 2.67 bits per heavy atom. The smallest absolute Gasteiger partial charge is 0.0640 e. The van der Waals surface area contributed by atoms with Crippen LogP contribution < -0.4 is 5.32 Å². The quantitative estimate of drug-likeness (QED) is 0.758. The summed E-state index contributed by atoms with van der Waals surface area (Å²) in [6, 6.07) is 0.588. The highest BCUT2D eigenvalue weighted by Crippen LogP contribution is 2.27. The molecule has 0 aromatic carbocycles. The van der Waals surface area contributed by atoms with Gasteiger partial charge >= 0.3 is 0 Å². The molecular formula is C13H27NO. The van der Waals surface area contributed by atoms with Crippen molar-refractivity contribution in [1.29, 1.82) is 0 Å². The molecule has 0 aromatic rings. The fraction of sp³-hybridized carbons (Fsp3) is 1.00. The first-order chi connectivity index (χ1) is 7.15. The van der Waals surface area contributed by atoms with E-state index in [4.69, 9.17) is 4.74 Å². The fourth-order valence-corrected chi connectivity index (χ4v) is 2.33. The molecule has 0 aromatic heterocycles. The maximum Gasteiger partial charge on any atom is 0.0640 e. The zero-order valence-electron chi connectivity index (χ0n) is 10.8. The lowest BCUT2D eigenvalue weighted by Crippen LogP contribution is -2.41. The molecule has 15 heavy (non-hydrogen) atoms. The van der Waals surface area contributed by atoms with E-state index in [1.807, 2.05) is 0 Å². The van der Waals surface area contributed by atoms with E-state index in [0.717, 1.165) is 19.1 Å². The van der Waals surface area contributed by atoms with Crippen LogP contribution in [-0.4, -0.2) is 25.3 Å². The molecule has 0 aliphatic carbocycles. The van der Waals surface area contributed by atoms with Crippen LogP contribution in [0.1, 0.15) is 47.0 Å². The van der Waals surface area contributed by atoms with Crippen molar-refractivity contribution in [1.82, 2.24) is 5.32 Å². The SMILES string of the molecule is CCC(C)C1OCCCC1CNC(C)C. The molecule has 1 fully saturated rings. The molecule has 2 nitrogen and oxygen atoms in total. The third-order valence-electron chi connectivity index (χ3n) is 3.49. The summed E-state index contributed by atoms with van der Waals surface area (Å²) >= 11 is 0. The number of hydrogen-bond acceptors (Lipinski definition) is 2. The maximum atomic E-state index is 5.94. The van der Waals surface area contributed by atoms with Crippen molar-refractivity contribution in [2.24, 2.45) is 11.8 Å². The molecule has 3 atom stereocenters. The zero-order chi connectivity index (χ0) is 11.3. The molecule has 0 spiro atoms. The van der Waals surface area contributed by atoms with Crippen LogP contribution in [0.25, 0.3) is 0 Å². The second-order valence-electron chi connectivity index (χ2n) is 5.19. The lowest BCUT2D eigenvalue weighted by Gasteiger charge is -2.36. The first kappa shape index (κ1) is 13.0. The van der Waals surface area contributed by atoms with Gasteiger partial charge in [-0.25, -0.2) is 0 Å². The second kappa shape index (κ2) is 6.49. The highest BCUT2D eigenvalue weighted by atomic mass is 16.5. The minimum absolute atomic E-state index is 0.481. The molecule has 2 heteroatoms. The van der Waals surface area contributed by atoms with Crippen LogP contribution in [-0.2, 0) is 4.74 Å². The van der Waals surface area contributed by atoms with E-state index in [0.29, 0.717) is 18.1 Å². The van der Waals surface area contributed by atoms with Crippen molar-refractivity contribution in [2.75, 3.05) is 13.2 Å². The molecule has 1 saturated heterocycles. The van der Waals surface area contributed by atoms with Gasteiger partial charge in [-0.3, -0.25) is 0 Å². The molecule has 0 radical (unpaired) electrons. The number of nitrogens with one attached hydrogen (secondary N) is 1. The van der Waals surface area contributed by atoms with Gasteiger partial charge in [0.15, 0.2) is 0 Å². The van der Waals surface area contributed by atoms with E-state index in [1.54, 1.807) is 0 Å². The molecule has 1 aliphatic rings. The summed E-state index contributed by atoms with van der Waals surface area (Å²) in [5.74, 6) is 1.42. The van der Waals surface area contributed by atoms with Crippen LogP contribution in [0.3, 0.4) is 0 Å². The minimum atomic E-state index is 0.481. The predicted molar refractivity (Wildman–Crippen MR) is 65.1 cm³/mol. The Morgan fingerprint density at radius 1 is 1.33 bits per heavy atom. The molecule has 0 bridgehead atoms. The molecule has 0 amide bonds. The summed E-state index contributed by atoms with van der Waals surface area (Å²) in [6.45, 7) is 11.1. The van der Waals surface area contributed by atoms with Crippen molar-refractivity contribution >= 4 is 0 Å². The number of hydrogen-bond donors (Lipinski definition) is 1. The molecule has 90 valence electrons. The van der Waals surface area contributed by atoms with Crippen molar-refractivity contribution in [3.8, 4) is 0 Å². The van der Waals surface area contributed by atoms with Crippen LogP contribution in [0.5, 0.6) is 0 Å². The molecule has 0 saturated carbocycles. The predicted octanol–water partition coefficient (Wildman–Crippen LogP) is 2.83. The molecular weight excluding hydrogens is 186 g/mol. The lowest BCUT2D eigenvalue weighted by atomic mass is 9.85. The standard InChI is InChI=1S/C13H27NO/c1-5-11(4)13-12(7-6-8-15-13)9-14-10(2)3/h10-14H,5-9H2,1-4H3. The number of ether oxygens (including phenoxy) is 1. The van der Waals surface area contributed by atoms with E-state index in [9.17, 15) is 0 Å². The van der Waals surface area contributed by atoms with Gasteiger partial charge in [-0.1, -0.05) is 34.1 Å². The number of rotatable bonds is 5. The topological polar surface area (TPSA) is 21.3 Å². The van der Waals surface area contributed by atoms with Crippen molar-refractivity contribution in [2.45, 2.75) is 59.1 Å². The summed E-state index contributed by atoms with van der Waals surface area (Å²) in [6.07, 6.45) is 4.27. The Morgan fingerprint density at radius 2 is 2.07 bits per heavy atom. The van der Waals surface area contributed by atoms with Crippen molar-refractivity contribution in [3.63, 3.8) is 0 Å². The maximum absolute atomic E-state index is 5.94. The fourth-order valence-electron chi connectivity index (χ4n) is 2.33. The van der Waals surface area contributed by atoms with Gasteiger partial charge in [0.2, 0.25) is 0 Å². The molecule has 1 rings (SSSR count). The second-order valence-corrected chi connectivity index (χ2v) is 5.19. The van der Waals surface area contributed by atoms with Crippen molar-refractivity contribution < 1.29 is 4.74 Å². The van der Waals surface area contributed by atoms with Gasteiger partial charge in [0.05, 0.1) is 6.10 Å². The average Bonchev–Trinajstić information content (AvgIpc) is 2.25. The average molecular weight is 213 g/mol. The van der Waals surface area contributed by atoms with Gasteiger partial charge in [0.25, 0.3) is 0 Å². The first-order valence-electron chi connectivity index (χ1n) is 6.50. The summed E-state index contributed by atoms with van der Waals surface area (Å²) in [7, 11) is 0. The third kappa shape index (κ3) is 4.12. The molecule has 1 heterocycles. The third-order valence-corrected chi connectivity index (χ3v) is 3.49. The molecule has 1 N–H and O–H groups in total. The van der Waals surface area contributed by atoms with Gasteiger partial charge in [0.1, 0.15) is 0 Å². The van der Waals surface area contributed by atoms with E-state index in [2.05, 4.69) is 33.0 Å². The van der Waals surface area contributed by atoms with E-state index >= 15 is 0 Å². The lowest BCUT2D eigenvalue weighted by molar-refractivity contribution is -0.0568. The highest BCUT2D eigenvalue weighted by molar-refractivity contribution is 4.80. The molecule has 3 unspecified atom stereocenters. The van der Waals surface area contributed by atoms with E-state index < -0.39 is 0 Å². The Labute approximate surface area is 94.8 Å². The largest absolute Gasteiger partial charge is 0.378 e. The highest BCUT2D eigenvalue weighted by Gasteiger charge is 2.29. The summed E-state index contributed by atoms with van der Waals surface area (Å²) in [4.78, 5) is 0. The Bertz CT molecular complexity index is 170. The Balaban J connectivity index is 2.42. The first-order valence-corrected chi connectivity index (χ1v) is 6.50. The van der Waals surface area contributed by atoms with Gasteiger partial charge < -0.3 is 10.1 Å². The van der Waals surface area contributed by atoms with Gasteiger partial charge in [-0.2, -0.15) is 0 Å².